The second-order valence-corrected chi connectivity index (χ2v) is 9.15. The first-order valence-electron chi connectivity index (χ1n) is 11.5. The van der Waals surface area contributed by atoms with E-state index < -0.39 is 0 Å². The molecule has 4 aromatic rings. The summed E-state index contributed by atoms with van der Waals surface area (Å²) >= 11 is 1.39. The summed E-state index contributed by atoms with van der Waals surface area (Å²) in [5, 5.41) is 3.69. The molecule has 7 heteroatoms. The van der Waals surface area contributed by atoms with Crippen LogP contribution in [0.1, 0.15) is 23.6 Å². The van der Waals surface area contributed by atoms with Crippen molar-refractivity contribution in [2.45, 2.75) is 25.3 Å². The Labute approximate surface area is 208 Å². The van der Waals surface area contributed by atoms with E-state index in [1.807, 2.05) is 86.6 Å². The number of fused-ring (bicyclic) bond motifs is 2. The van der Waals surface area contributed by atoms with E-state index in [-0.39, 0.29) is 11.7 Å². The number of para-hydroxylation sites is 1. The quantitative estimate of drug-likeness (QED) is 0.217. The molecule has 3 aromatic carbocycles. The molecular formula is C28H25N3O3S. The maximum Gasteiger partial charge on any atom is 0.234 e. The average molecular weight is 484 g/mol. The number of nitrogens with zero attached hydrogens (tertiary/aromatic N) is 2. The van der Waals surface area contributed by atoms with Crippen LogP contribution < -0.4 is 14.8 Å². The lowest BCUT2D eigenvalue weighted by atomic mass is 10.0. The topological polar surface area (TPSA) is 73.3 Å². The predicted octanol–water partition coefficient (Wildman–Crippen LogP) is 6.28. The molecule has 1 N–H and O–H groups in total. The number of aromatic nitrogens is 2. The molecule has 0 fully saturated rings. The first-order valence-corrected chi connectivity index (χ1v) is 12.5. The van der Waals surface area contributed by atoms with Gasteiger partial charge in [0.2, 0.25) is 11.8 Å². The van der Waals surface area contributed by atoms with E-state index in [4.69, 9.17) is 19.4 Å². The lowest BCUT2D eigenvalue weighted by molar-refractivity contribution is -0.113. The van der Waals surface area contributed by atoms with Gasteiger partial charge in [-0.2, -0.15) is 4.98 Å². The van der Waals surface area contributed by atoms with E-state index in [0.29, 0.717) is 24.7 Å². The van der Waals surface area contributed by atoms with E-state index in [1.54, 1.807) is 0 Å². The van der Waals surface area contributed by atoms with Crippen molar-refractivity contribution in [1.29, 1.82) is 0 Å². The second-order valence-electron chi connectivity index (χ2n) is 8.18. The Balaban J connectivity index is 1.42. The number of carbonyl (C=O) groups excluding carboxylic acids is 1. The Morgan fingerprint density at radius 2 is 1.80 bits per heavy atom. The molecule has 6 nitrogen and oxygen atoms in total. The molecule has 0 saturated carbocycles. The number of anilines is 1. The largest absolute Gasteiger partial charge is 0.494 e. The zero-order valence-electron chi connectivity index (χ0n) is 19.6. The molecule has 35 heavy (non-hydrogen) atoms. The van der Waals surface area contributed by atoms with Gasteiger partial charge in [-0.05, 0) is 61.9 Å². The Morgan fingerprint density at radius 1 is 1.03 bits per heavy atom. The summed E-state index contributed by atoms with van der Waals surface area (Å²) in [6.45, 7) is 4.57. The number of aryl methyl sites for hydroxylation is 1. The van der Waals surface area contributed by atoms with E-state index >= 15 is 0 Å². The molecule has 0 bridgehead atoms. The molecule has 176 valence electrons. The molecule has 1 aliphatic rings. The normalized spacial score (nSPS) is 11.7. The smallest absolute Gasteiger partial charge is 0.234 e. The monoisotopic (exact) mass is 483 g/mol. The van der Waals surface area contributed by atoms with E-state index in [2.05, 4.69) is 5.32 Å². The number of benzene rings is 3. The molecule has 0 saturated heterocycles. The van der Waals surface area contributed by atoms with Gasteiger partial charge in [-0.25, -0.2) is 4.98 Å². The van der Waals surface area contributed by atoms with Crippen molar-refractivity contribution < 1.29 is 14.3 Å². The third-order valence-electron chi connectivity index (χ3n) is 5.58. The molecule has 0 aliphatic carbocycles. The van der Waals surface area contributed by atoms with Crippen molar-refractivity contribution in [1.82, 2.24) is 9.97 Å². The van der Waals surface area contributed by atoms with Gasteiger partial charge in [0, 0.05) is 17.7 Å². The third kappa shape index (κ3) is 5.30. The molecule has 0 spiro atoms. The molecule has 0 unspecified atom stereocenters. The SMILES string of the molecule is CCOc1ccc(-c2nc3c(c(SCC(=O)Nc4ccc(C)cc4)n2)Cc2ccccc2O3)cc1. The number of rotatable bonds is 7. The lowest BCUT2D eigenvalue weighted by Crippen LogP contribution is -2.15. The van der Waals surface area contributed by atoms with Crippen molar-refractivity contribution >= 4 is 23.4 Å². The van der Waals surface area contributed by atoms with Crippen LogP contribution in [-0.4, -0.2) is 28.2 Å². The maximum absolute atomic E-state index is 12.7. The second kappa shape index (κ2) is 10.2. The van der Waals surface area contributed by atoms with Gasteiger partial charge in [0.25, 0.3) is 0 Å². The number of carbonyl (C=O) groups is 1. The van der Waals surface area contributed by atoms with Crippen LogP contribution in [0.5, 0.6) is 17.4 Å². The van der Waals surface area contributed by atoms with E-state index in [0.717, 1.165) is 44.5 Å². The molecule has 5 rings (SSSR count). The van der Waals surface area contributed by atoms with Gasteiger partial charge >= 0.3 is 0 Å². The fourth-order valence-corrected chi connectivity index (χ4v) is 4.63. The lowest BCUT2D eigenvalue weighted by Gasteiger charge is -2.21. The highest BCUT2D eigenvalue weighted by molar-refractivity contribution is 8.00. The highest BCUT2D eigenvalue weighted by atomic mass is 32.2. The van der Waals surface area contributed by atoms with Gasteiger partial charge in [0.05, 0.1) is 17.9 Å². The van der Waals surface area contributed by atoms with Crippen molar-refractivity contribution in [2.75, 3.05) is 17.7 Å². The molecule has 0 atom stereocenters. The Morgan fingerprint density at radius 3 is 2.57 bits per heavy atom. The highest BCUT2D eigenvalue weighted by Crippen LogP contribution is 2.40. The first kappa shape index (κ1) is 22.9. The van der Waals surface area contributed by atoms with Crippen molar-refractivity contribution in [2.24, 2.45) is 0 Å². The first-order chi connectivity index (χ1) is 17.1. The van der Waals surface area contributed by atoms with Crippen LogP contribution >= 0.6 is 11.8 Å². The van der Waals surface area contributed by atoms with Gasteiger partial charge in [-0.3, -0.25) is 4.79 Å². The Bertz CT molecular complexity index is 1360. The summed E-state index contributed by atoms with van der Waals surface area (Å²) in [7, 11) is 0. The summed E-state index contributed by atoms with van der Waals surface area (Å²) < 4.78 is 11.7. The number of thioether (sulfide) groups is 1. The summed E-state index contributed by atoms with van der Waals surface area (Å²) in [5.74, 6) is 2.80. The summed E-state index contributed by atoms with van der Waals surface area (Å²) in [6, 6.07) is 23.3. The predicted molar refractivity (Wildman–Crippen MR) is 138 cm³/mol. The number of hydrogen-bond donors (Lipinski definition) is 1. The summed E-state index contributed by atoms with van der Waals surface area (Å²) in [5.41, 5.74) is 4.74. The minimum Gasteiger partial charge on any atom is -0.494 e. The van der Waals surface area contributed by atoms with Gasteiger partial charge in [0.15, 0.2) is 5.82 Å². The molecular weight excluding hydrogens is 458 g/mol. The zero-order chi connectivity index (χ0) is 24.2. The zero-order valence-corrected chi connectivity index (χ0v) is 20.4. The van der Waals surface area contributed by atoms with Crippen LogP contribution in [0, 0.1) is 6.92 Å². The van der Waals surface area contributed by atoms with E-state index in [1.165, 1.54) is 11.8 Å². The minimum absolute atomic E-state index is 0.0917. The summed E-state index contributed by atoms with van der Waals surface area (Å²) in [6.07, 6.45) is 0.650. The van der Waals surface area contributed by atoms with Gasteiger partial charge in [-0.1, -0.05) is 47.7 Å². The van der Waals surface area contributed by atoms with Crippen LogP contribution in [0.4, 0.5) is 5.69 Å². The average Bonchev–Trinajstić information content (AvgIpc) is 2.88. The number of amides is 1. The fourth-order valence-electron chi connectivity index (χ4n) is 3.81. The minimum atomic E-state index is -0.0917. The molecule has 1 aliphatic heterocycles. The van der Waals surface area contributed by atoms with Crippen LogP contribution in [-0.2, 0) is 11.2 Å². The number of ether oxygens (including phenoxy) is 2. The van der Waals surface area contributed by atoms with Crippen molar-refractivity contribution in [3.8, 4) is 28.8 Å². The number of nitrogens with one attached hydrogen (secondary N) is 1. The Kier molecular flexibility index (Phi) is 6.68. The van der Waals surface area contributed by atoms with Crippen LogP contribution in [0.15, 0.2) is 77.8 Å². The maximum atomic E-state index is 12.7. The van der Waals surface area contributed by atoms with E-state index in [9.17, 15) is 4.79 Å². The third-order valence-corrected chi connectivity index (χ3v) is 6.59. The molecule has 1 amide bonds. The van der Waals surface area contributed by atoms with Crippen LogP contribution in [0.25, 0.3) is 11.4 Å². The fraction of sp³-hybridized carbons (Fsp3) is 0.179. The van der Waals surface area contributed by atoms with Gasteiger partial charge < -0.3 is 14.8 Å². The Hall–Kier alpha value is -3.84. The molecule has 1 aromatic heterocycles. The highest BCUT2D eigenvalue weighted by Gasteiger charge is 2.24. The molecule has 0 radical (unpaired) electrons. The van der Waals surface area contributed by atoms with Crippen molar-refractivity contribution in [3.05, 3.63) is 89.5 Å². The van der Waals surface area contributed by atoms with Crippen molar-refractivity contribution in [3.63, 3.8) is 0 Å². The standard InChI is InChI=1S/C28H25N3O3S/c1-3-33-22-14-10-19(11-15-22)26-30-27-23(16-20-6-4-5-7-24(20)34-27)28(31-26)35-17-25(32)29-21-12-8-18(2)9-13-21/h4-15H,3,16-17H2,1-2H3,(H,29,32). The van der Waals surface area contributed by atoms with Gasteiger partial charge in [-0.15, -0.1) is 0 Å². The van der Waals surface area contributed by atoms with Gasteiger partial charge in [0.1, 0.15) is 16.5 Å². The summed E-state index contributed by atoms with van der Waals surface area (Å²) in [4.78, 5) is 22.3. The number of hydrogen-bond acceptors (Lipinski definition) is 6. The van der Waals surface area contributed by atoms with Crippen LogP contribution in [0.3, 0.4) is 0 Å². The van der Waals surface area contributed by atoms with Crippen LogP contribution in [0.2, 0.25) is 0 Å². The molecule has 2 heterocycles.